The predicted octanol–water partition coefficient (Wildman–Crippen LogP) is -0.474. The molecule has 0 spiro atoms. The van der Waals surface area contributed by atoms with Crippen LogP contribution < -0.4 is 0 Å². The molecule has 0 aromatic rings. The van der Waals surface area contributed by atoms with Gasteiger partial charge in [0.2, 0.25) is 0 Å². The fourth-order valence-corrected chi connectivity index (χ4v) is 1.43. The highest BCUT2D eigenvalue weighted by atomic mass is 16.4. The molecule has 1 aliphatic rings. The average molecular weight is 159 g/mol. The van der Waals surface area contributed by atoms with Crippen molar-refractivity contribution in [2.24, 2.45) is 0 Å². The molecular formula is C7H13NO3. The number of carboxylic acid groups (broad SMARTS) is 1. The van der Waals surface area contributed by atoms with Gasteiger partial charge in [0.25, 0.3) is 0 Å². The first kappa shape index (κ1) is 8.49. The van der Waals surface area contributed by atoms with E-state index in [4.69, 9.17) is 5.11 Å². The van der Waals surface area contributed by atoms with Crippen LogP contribution in [0.5, 0.6) is 0 Å². The molecule has 1 heterocycles. The number of rotatable bonds is 1. The Morgan fingerprint density at radius 1 is 1.73 bits per heavy atom. The lowest BCUT2D eigenvalue weighted by molar-refractivity contribution is -0.156. The summed E-state index contributed by atoms with van der Waals surface area (Å²) in [5.74, 6) is -1.12. The molecule has 0 radical (unpaired) electrons. The highest BCUT2D eigenvalue weighted by molar-refractivity contribution is 5.78. The number of carbonyl (C=O) groups is 1. The molecular weight excluding hydrogens is 146 g/mol. The Balaban J connectivity index is 2.71. The summed E-state index contributed by atoms with van der Waals surface area (Å²) >= 11 is 0. The van der Waals surface area contributed by atoms with E-state index in [0.717, 1.165) is 0 Å². The minimum atomic E-state index is -1.52. The van der Waals surface area contributed by atoms with Gasteiger partial charge in [0, 0.05) is 19.0 Å². The largest absolute Gasteiger partial charge is 0.479 e. The molecule has 0 aromatic heterocycles. The van der Waals surface area contributed by atoms with E-state index < -0.39 is 11.6 Å². The van der Waals surface area contributed by atoms with Crippen LogP contribution in [-0.2, 0) is 4.79 Å². The van der Waals surface area contributed by atoms with E-state index in [0.29, 0.717) is 6.42 Å². The van der Waals surface area contributed by atoms with Gasteiger partial charge in [0.15, 0.2) is 5.60 Å². The summed E-state index contributed by atoms with van der Waals surface area (Å²) < 4.78 is 0. The number of hydrogen-bond donors (Lipinski definition) is 2. The standard InChI is InChI=1S/C7H13NO3/c1-5-3-7(11,6(9)10)4-8(5)2/h5,11H,3-4H2,1-2H3,(H,9,10). The lowest BCUT2D eigenvalue weighted by Gasteiger charge is -2.15. The van der Waals surface area contributed by atoms with Crippen molar-refractivity contribution >= 4 is 5.97 Å². The monoisotopic (exact) mass is 159 g/mol. The van der Waals surface area contributed by atoms with Crippen molar-refractivity contribution in [2.45, 2.75) is 25.0 Å². The number of β-amino-alcohol motifs (C(OH)–C–C–N with tert-alkyl or cyclic N) is 1. The summed E-state index contributed by atoms with van der Waals surface area (Å²) in [6.07, 6.45) is 0.318. The van der Waals surface area contributed by atoms with Gasteiger partial charge in [-0.15, -0.1) is 0 Å². The molecule has 1 aliphatic heterocycles. The first-order chi connectivity index (χ1) is 4.96. The molecule has 4 nitrogen and oxygen atoms in total. The maximum Gasteiger partial charge on any atom is 0.337 e. The third-order valence-corrected chi connectivity index (χ3v) is 2.29. The van der Waals surface area contributed by atoms with Gasteiger partial charge in [0.05, 0.1) is 0 Å². The zero-order valence-corrected chi connectivity index (χ0v) is 6.74. The van der Waals surface area contributed by atoms with Gasteiger partial charge in [-0.3, -0.25) is 0 Å². The van der Waals surface area contributed by atoms with Crippen LogP contribution in [0.25, 0.3) is 0 Å². The van der Waals surface area contributed by atoms with E-state index >= 15 is 0 Å². The van der Waals surface area contributed by atoms with Crippen molar-refractivity contribution in [1.29, 1.82) is 0 Å². The molecule has 0 aliphatic carbocycles. The second kappa shape index (κ2) is 2.46. The topological polar surface area (TPSA) is 60.8 Å². The third-order valence-electron chi connectivity index (χ3n) is 2.29. The fraction of sp³-hybridized carbons (Fsp3) is 0.857. The molecule has 0 bridgehead atoms. The summed E-state index contributed by atoms with van der Waals surface area (Å²) in [5, 5.41) is 18.1. The van der Waals surface area contributed by atoms with Crippen LogP contribution in [-0.4, -0.2) is 46.3 Å². The van der Waals surface area contributed by atoms with Crippen LogP contribution in [0.2, 0.25) is 0 Å². The first-order valence-corrected chi connectivity index (χ1v) is 3.62. The lowest BCUT2D eigenvalue weighted by atomic mass is 10.0. The van der Waals surface area contributed by atoms with Crippen LogP contribution >= 0.6 is 0 Å². The Morgan fingerprint density at radius 3 is 2.45 bits per heavy atom. The summed E-state index contributed by atoms with van der Waals surface area (Å²) in [4.78, 5) is 12.4. The molecule has 1 rings (SSSR count). The number of hydrogen-bond acceptors (Lipinski definition) is 3. The second-order valence-electron chi connectivity index (χ2n) is 3.30. The number of aliphatic carboxylic acids is 1. The Labute approximate surface area is 65.4 Å². The van der Waals surface area contributed by atoms with E-state index in [9.17, 15) is 9.90 Å². The molecule has 2 unspecified atom stereocenters. The minimum absolute atomic E-state index is 0.149. The van der Waals surface area contributed by atoms with E-state index in [1.165, 1.54) is 0 Å². The Morgan fingerprint density at radius 2 is 2.27 bits per heavy atom. The molecule has 0 aromatic carbocycles. The van der Waals surface area contributed by atoms with Crippen molar-refractivity contribution in [3.63, 3.8) is 0 Å². The summed E-state index contributed by atoms with van der Waals surface area (Å²) in [6.45, 7) is 2.13. The lowest BCUT2D eigenvalue weighted by Crippen LogP contribution is -2.40. The van der Waals surface area contributed by atoms with Crippen LogP contribution in [0.15, 0.2) is 0 Å². The van der Waals surface area contributed by atoms with Crippen molar-refractivity contribution in [1.82, 2.24) is 4.90 Å². The number of nitrogens with zero attached hydrogens (tertiary/aromatic N) is 1. The Kier molecular flexibility index (Phi) is 1.90. The van der Waals surface area contributed by atoms with Gasteiger partial charge in [-0.1, -0.05) is 0 Å². The molecule has 1 fully saturated rings. The smallest absolute Gasteiger partial charge is 0.337 e. The van der Waals surface area contributed by atoms with Gasteiger partial charge < -0.3 is 15.1 Å². The van der Waals surface area contributed by atoms with Crippen LogP contribution in [0.3, 0.4) is 0 Å². The van der Waals surface area contributed by atoms with Gasteiger partial charge in [-0.2, -0.15) is 0 Å². The average Bonchev–Trinajstić information content (AvgIpc) is 2.09. The normalized spacial score (nSPS) is 39.4. The fourth-order valence-electron chi connectivity index (χ4n) is 1.43. The Bertz CT molecular complexity index is 171. The molecule has 64 valence electrons. The van der Waals surface area contributed by atoms with Gasteiger partial charge in [-0.05, 0) is 14.0 Å². The second-order valence-corrected chi connectivity index (χ2v) is 3.30. The van der Waals surface area contributed by atoms with Crippen molar-refractivity contribution in [2.75, 3.05) is 13.6 Å². The van der Waals surface area contributed by atoms with Crippen molar-refractivity contribution in [3.05, 3.63) is 0 Å². The molecule has 11 heavy (non-hydrogen) atoms. The molecule has 1 saturated heterocycles. The van der Waals surface area contributed by atoms with E-state index in [1.807, 2.05) is 18.9 Å². The summed E-state index contributed by atoms with van der Waals surface area (Å²) in [6, 6.07) is 0.149. The van der Waals surface area contributed by atoms with Gasteiger partial charge in [-0.25, -0.2) is 4.79 Å². The number of aliphatic hydroxyl groups is 1. The van der Waals surface area contributed by atoms with Gasteiger partial charge in [0.1, 0.15) is 0 Å². The van der Waals surface area contributed by atoms with E-state index in [-0.39, 0.29) is 12.6 Å². The molecule has 0 amide bonds. The first-order valence-electron chi connectivity index (χ1n) is 3.62. The molecule has 2 N–H and O–H groups in total. The number of likely N-dealkylation sites (tertiary alicyclic amines) is 1. The van der Waals surface area contributed by atoms with Crippen LogP contribution in [0.4, 0.5) is 0 Å². The van der Waals surface area contributed by atoms with Crippen LogP contribution in [0, 0.1) is 0 Å². The highest BCUT2D eigenvalue weighted by Gasteiger charge is 2.45. The maximum absolute atomic E-state index is 10.5. The summed E-state index contributed by atoms with van der Waals surface area (Å²) in [5.41, 5.74) is -1.52. The van der Waals surface area contributed by atoms with E-state index in [2.05, 4.69) is 0 Å². The quantitative estimate of drug-likeness (QED) is 0.543. The molecule has 4 heteroatoms. The zero-order chi connectivity index (χ0) is 8.65. The summed E-state index contributed by atoms with van der Waals surface area (Å²) in [7, 11) is 1.81. The minimum Gasteiger partial charge on any atom is -0.479 e. The predicted molar refractivity (Wildman–Crippen MR) is 39.3 cm³/mol. The molecule has 0 saturated carbocycles. The number of carboxylic acids is 1. The number of likely N-dealkylation sites (N-methyl/N-ethyl adjacent to an activating group) is 1. The van der Waals surface area contributed by atoms with Crippen LogP contribution in [0.1, 0.15) is 13.3 Å². The third kappa shape index (κ3) is 1.36. The van der Waals surface area contributed by atoms with E-state index in [1.54, 1.807) is 0 Å². The highest BCUT2D eigenvalue weighted by Crippen LogP contribution is 2.25. The van der Waals surface area contributed by atoms with Crippen molar-refractivity contribution < 1.29 is 15.0 Å². The maximum atomic E-state index is 10.5. The SMILES string of the molecule is CC1CC(O)(C(=O)O)CN1C. The zero-order valence-electron chi connectivity index (χ0n) is 6.74. The molecule has 2 atom stereocenters. The Hall–Kier alpha value is -0.610. The van der Waals surface area contributed by atoms with Crippen molar-refractivity contribution in [3.8, 4) is 0 Å². The van der Waals surface area contributed by atoms with Gasteiger partial charge >= 0.3 is 5.97 Å².